The molecule has 2 aromatic heterocycles. The minimum atomic E-state index is -0.446. The Labute approximate surface area is 167 Å². The van der Waals surface area contributed by atoms with Gasteiger partial charge >= 0.3 is 5.97 Å². The third kappa shape index (κ3) is 3.26. The molecule has 1 aromatic carbocycles. The molecule has 7 nitrogen and oxygen atoms in total. The molecule has 146 valence electrons. The molecule has 0 saturated carbocycles. The number of hydrogen-bond acceptors (Lipinski definition) is 6. The number of aromatic nitrogens is 3. The highest BCUT2D eigenvalue weighted by molar-refractivity contribution is 6.30. The van der Waals surface area contributed by atoms with Gasteiger partial charge in [0, 0.05) is 18.7 Å². The van der Waals surface area contributed by atoms with Crippen molar-refractivity contribution in [3.8, 4) is 5.75 Å². The molecule has 1 aliphatic heterocycles. The van der Waals surface area contributed by atoms with Crippen molar-refractivity contribution < 1.29 is 14.3 Å². The number of esters is 1. The zero-order valence-electron chi connectivity index (χ0n) is 15.8. The number of ether oxygens (including phenoxy) is 2. The molecule has 4 rings (SSSR count). The number of carbonyl (C=O) groups is 1. The number of halogens is 1. The zero-order chi connectivity index (χ0) is 19.7. The molecule has 0 spiro atoms. The molecule has 3 heterocycles. The first kappa shape index (κ1) is 18.6. The van der Waals surface area contributed by atoms with E-state index in [0.717, 1.165) is 42.1 Å². The van der Waals surface area contributed by atoms with Crippen molar-refractivity contribution in [2.24, 2.45) is 0 Å². The Bertz CT molecular complexity index is 1020. The molecular weight excluding hydrogens is 380 g/mol. The van der Waals surface area contributed by atoms with Crippen LogP contribution in [0.2, 0.25) is 5.15 Å². The van der Waals surface area contributed by atoms with Crippen LogP contribution in [0.5, 0.6) is 5.75 Å². The molecule has 3 aromatic rings. The van der Waals surface area contributed by atoms with Crippen LogP contribution < -0.4 is 9.64 Å². The minimum absolute atomic E-state index is 0.290. The van der Waals surface area contributed by atoms with Crippen molar-refractivity contribution in [2.45, 2.75) is 26.3 Å². The van der Waals surface area contributed by atoms with Gasteiger partial charge in [0.15, 0.2) is 5.65 Å². The minimum Gasteiger partial charge on any atom is -0.497 e. The highest BCUT2D eigenvalue weighted by Crippen LogP contribution is 2.34. The summed E-state index contributed by atoms with van der Waals surface area (Å²) < 4.78 is 12.1. The number of rotatable bonds is 5. The van der Waals surface area contributed by atoms with Gasteiger partial charge in [0.05, 0.1) is 19.9 Å². The number of nitrogens with zero attached hydrogens (tertiary/aromatic N) is 4. The standard InChI is InChI=1S/C20H21ClN4O3/c1-3-28-20(26)16-11-22-25-18(16)23-17(21)15-5-4-10-24(19(15)25)12-13-6-8-14(27-2)9-7-13/h6-9,11H,3-5,10,12H2,1-2H3. The number of carbonyl (C=O) groups excluding carboxylic acids is 1. The molecule has 0 amide bonds. The van der Waals surface area contributed by atoms with Crippen molar-refractivity contribution in [2.75, 3.05) is 25.2 Å². The van der Waals surface area contributed by atoms with E-state index in [2.05, 4.69) is 15.0 Å². The summed E-state index contributed by atoms with van der Waals surface area (Å²) in [5.41, 5.74) is 2.84. The smallest absolute Gasteiger partial charge is 0.343 e. The van der Waals surface area contributed by atoms with Gasteiger partial charge in [-0.15, -0.1) is 0 Å². The second-order valence-electron chi connectivity index (χ2n) is 6.59. The maximum atomic E-state index is 12.2. The lowest BCUT2D eigenvalue weighted by Gasteiger charge is -2.31. The Morgan fingerprint density at radius 3 is 2.79 bits per heavy atom. The van der Waals surface area contributed by atoms with Gasteiger partial charge in [0.1, 0.15) is 22.3 Å². The van der Waals surface area contributed by atoms with Crippen LogP contribution in [0.1, 0.15) is 34.8 Å². The van der Waals surface area contributed by atoms with Crippen molar-refractivity contribution in [3.63, 3.8) is 0 Å². The summed E-state index contributed by atoms with van der Waals surface area (Å²) in [7, 11) is 1.65. The van der Waals surface area contributed by atoms with Crippen LogP contribution in [0.3, 0.4) is 0 Å². The Balaban J connectivity index is 1.76. The van der Waals surface area contributed by atoms with Gasteiger partial charge in [-0.1, -0.05) is 23.7 Å². The van der Waals surface area contributed by atoms with E-state index in [1.165, 1.54) is 6.20 Å². The van der Waals surface area contributed by atoms with E-state index in [-0.39, 0.29) is 0 Å². The molecule has 28 heavy (non-hydrogen) atoms. The second-order valence-corrected chi connectivity index (χ2v) is 6.95. The molecule has 0 aliphatic carbocycles. The molecule has 1 aliphatic rings. The van der Waals surface area contributed by atoms with E-state index in [0.29, 0.717) is 29.5 Å². The lowest BCUT2D eigenvalue weighted by atomic mass is 10.1. The summed E-state index contributed by atoms with van der Waals surface area (Å²) in [5.74, 6) is 1.26. The molecule has 8 heteroatoms. The van der Waals surface area contributed by atoms with E-state index in [9.17, 15) is 4.79 Å². The molecule has 0 unspecified atom stereocenters. The molecule has 0 fully saturated rings. The van der Waals surface area contributed by atoms with Gasteiger partial charge in [-0.05, 0) is 37.5 Å². The van der Waals surface area contributed by atoms with Crippen molar-refractivity contribution in [3.05, 3.63) is 52.3 Å². The fourth-order valence-electron chi connectivity index (χ4n) is 3.54. The maximum Gasteiger partial charge on any atom is 0.343 e. The van der Waals surface area contributed by atoms with Crippen LogP contribution >= 0.6 is 11.6 Å². The maximum absolute atomic E-state index is 12.2. The lowest BCUT2D eigenvalue weighted by molar-refractivity contribution is 0.0528. The van der Waals surface area contributed by atoms with Crippen molar-refractivity contribution in [1.29, 1.82) is 0 Å². The summed E-state index contributed by atoms with van der Waals surface area (Å²) in [6, 6.07) is 7.98. The number of fused-ring (bicyclic) bond motifs is 3. The quantitative estimate of drug-likeness (QED) is 0.482. The summed E-state index contributed by atoms with van der Waals surface area (Å²) in [6.45, 7) is 3.62. The Morgan fingerprint density at radius 2 is 2.07 bits per heavy atom. The first-order valence-corrected chi connectivity index (χ1v) is 9.61. The van der Waals surface area contributed by atoms with E-state index >= 15 is 0 Å². The first-order chi connectivity index (χ1) is 13.6. The fourth-order valence-corrected chi connectivity index (χ4v) is 3.79. The van der Waals surface area contributed by atoms with Crippen LogP contribution in [0.25, 0.3) is 5.65 Å². The van der Waals surface area contributed by atoms with Crippen molar-refractivity contribution >= 4 is 29.0 Å². The lowest BCUT2D eigenvalue weighted by Crippen LogP contribution is -2.31. The molecule has 0 bridgehead atoms. The largest absolute Gasteiger partial charge is 0.497 e. The van der Waals surface area contributed by atoms with Gasteiger partial charge < -0.3 is 14.4 Å². The van der Waals surface area contributed by atoms with Gasteiger partial charge in [-0.25, -0.2) is 9.78 Å². The van der Waals surface area contributed by atoms with Crippen LogP contribution in [-0.4, -0.2) is 40.8 Å². The summed E-state index contributed by atoms with van der Waals surface area (Å²) >= 11 is 6.49. The topological polar surface area (TPSA) is 69.0 Å². The Kier molecular flexibility index (Phi) is 5.09. The predicted octanol–water partition coefficient (Wildman–Crippen LogP) is 3.52. The van der Waals surface area contributed by atoms with Crippen LogP contribution in [0, 0.1) is 0 Å². The van der Waals surface area contributed by atoms with Crippen LogP contribution in [0.4, 0.5) is 5.82 Å². The average molecular weight is 401 g/mol. The molecule has 0 saturated heterocycles. The van der Waals surface area contributed by atoms with E-state index < -0.39 is 5.97 Å². The van der Waals surface area contributed by atoms with Crippen LogP contribution in [0.15, 0.2) is 30.5 Å². The fraction of sp³-hybridized carbons (Fsp3) is 0.350. The summed E-state index contributed by atoms with van der Waals surface area (Å²) in [6.07, 6.45) is 3.30. The van der Waals surface area contributed by atoms with Gasteiger partial charge in [-0.2, -0.15) is 9.61 Å². The Hall–Kier alpha value is -2.80. The molecule has 0 N–H and O–H groups in total. The second kappa shape index (κ2) is 7.67. The third-order valence-electron chi connectivity index (χ3n) is 4.85. The van der Waals surface area contributed by atoms with E-state index in [4.69, 9.17) is 21.1 Å². The van der Waals surface area contributed by atoms with Gasteiger partial charge in [0.2, 0.25) is 0 Å². The van der Waals surface area contributed by atoms with E-state index in [1.807, 2.05) is 24.3 Å². The average Bonchev–Trinajstić information content (AvgIpc) is 3.13. The number of methoxy groups -OCH3 is 1. The number of benzene rings is 1. The molecule has 0 radical (unpaired) electrons. The number of anilines is 1. The highest BCUT2D eigenvalue weighted by atomic mass is 35.5. The molecule has 0 atom stereocenters. The summed E-state index contributed by atoms with van der Waals surface area (Å²) in [4.78, 5) is 18.9. The van der Waals surface area contributed by atoms with E-state index in [1.54, 1.807) is 18.5 Å². The third-order valence-corrected chi connectivity index (χ3v) is 5.16. The van der Waals surface area contributed by atoms with Crippen molar-refractivity contribution in [1.82, 2.24) is 14.6 Å². The number of hydrogen-bond donors (Lipinski definition) is 0. The first-order valence-electron chi connectivity index (χ1n) is 9.23. The van der Waals surface area contributed by atoms with Gasteiger partial charge in [0.25, 0.3) is 0 Å². The highest BCUT2D eigenvalue weighted by Gasteiger charge is 2.27. The Morgan fingerprint density at radius 1 is 1.29 bits per heavy atom. The SMILES string of the molecule is CCOC(=O)c1cnn2c3c(c(Cl)nc12)CCCN3Cc1ccc(OC)cc1. The molecular formula is C20H21ClN4O3. The van der Waals surface area contributed by atoms with Crippen LogP contribution in [-0.2, 0) is 17.7 Å². The predicted molar refractivity (Wildman–Crippen MR) is 106 cm³/mol. The summed E-state index contributed by atoms with van der Waals surface area (Å²) in [5, 5.41) is 4.84. The monoisotopic (exact) mass is 400 g/mol. The zero-order valence-corrected chi connectivity index (χ0v) is 16.6. The normalized spacial score (nSPS) is 13.5. The van der Waals surface area contributed by atoms with Gasteiger partial charge in [-0.3, -0.25) is 0 Å².